The number of Topliss-reactive ketones (excluding diaryl/α,β-unsaturated/α-hetero) is 1. The maximum Gasteiger partial charge on any atom is 0.225 e. The summed E-state index contributed by atoms with van der Waals surface area (Å²) in [5.74, 6) is 2.04. The Balaban J connectivity index is 1.34. The zero-order valence-corrected chi connectivity index (χ0v) is 16.2. The van der Waals surface area contributed by atoms with Gasteiger partial charge < -0.3 is 10.2 Å². The highest BCUT2D eigenvalue weighted by Gasteiger charge is 2.26. The van der Waals surface area contributed by atoms with Crippen molar-refractivity contribution in [2.75, 3.05) is 29.9 Å². The Kier molecular flexibility index (Phi) is 5.66. The second kappa shape index (κ2) is 8.52. The molecule has 2 aliphatic rings. The first kappa shape index (κ1) is 18.6. The minimum absolute atomic E-state index is 0.0194. The van der Waals surface area contributed by atoms with E-state index in [2.05, 4.69) is 25.2 Å². The smallest absolute Gasteiger partial charge is 0.225 e. The number of carbonyl (C=O) groups is 2. The first-order chi connectivity index (χ1) is 13.7. The molecule has 2 aromatic heterocycles. The van der Waals surface area contributed by atoms with Crippen molar-refractivity contribution in [3.8, 4) is 0 Å². The Hall–Kier alpha value is -2.74. The van der Waals surface area contributed by atoms with E-state index < -0.39 is 0 Å². The highest BCUT2D eigenvalue weighted by Crippen LogP contribution is 2.30. The number of allylic oxidation sites excluding steroid dienone is 1. The monoisotopic (exact) mass is 395 g/mol. The minimum atomic E-state index is -0.128. The van der Waals surface area contributed by atoms with Crippen molar-refractivity contribution in [2.24, 2.45) is 5.92 Å². The van der Waals surface area contributed by atoms with Crippen LogP contribution in [0.3, 0.4) is 0 Å². The van der Waals surface area contributed by atoms with E-state index >= 15 is 0 Å². The molecule has 0 saturated carbocycles. The van der Waals surface area contributed by atoms with Gasteiger partial charge in [-0.15, -0.1) is 0 Å². The van der Waals surface area contributed by atoms with Gasteiger partial charge in [-0.1, -0.05) is 6.07 Å². The summed E-state index contributed by atoms with van der Waals surface area (Å²) in [6.45, 7) is 2.69. The molecule has 1 N–H and O–H groups in total. The number of hydrogen-bond donors (Lipinski definition) is 1. The highest BCUT2D eigenvalue weighted by atomic mass is 32.2. The third-order valence-corrected chi connectivity index (χ3v) is 5.82. The molecule has 0 atom stereocenters. The molecule has 144 valence electrons. The van der Waals surface area contributed by atoms with Crippen molar-refractivity contribution in [1.82, 2.24) is 15.0 Å². The van der Waals surface area contributed by atoms with E-state index in [-0.39, 0.29) is 17.3 Å². The van der Waals surface area contributed by atoms with Crippen LogP contribution in [0.25, 0.3) is 6.08 Å². The lowest BCUT2D eigenvalue weighted by Crippen LogP contribution is -2.37. The molecule has 0 aromatic carbocycles. The number of nitrogens with one attached hydrogen (secondary N) is 1. The van der Waals surface area contributed by atoms with Gasteiger partial charge in [0.25, 0.3) is 0 Å². The highest BCUT2D eigenvalue weighted by molar-refractivity contribution is 8.18. The van der Waals surface area contributed by atoms with Gasteiger partial charge in [-0.05, 0) is 54.8 Å². The Morgan fingerprint density at radius 3 is 2.71 bits per heavy atom. The Morgan fingerprint density at radius 1 is 1.14 bits per heavy atom. The molecule has 2 aromatic rings. The molecule has 0 amide bonds. The standard InChI is InChI=1S/C20H21N5O2S/c26-16-12-19(27)28-17(16)11-15-4-8-22-20(24-15)25-9-5-14(6-10-25)13-23-18-3-1-2-7-21-18/h1-4,7-8,11,14H,5-6,9-10,12-13H2,(H,21,23)/b17-11-. The third kappa shape index (κ3) is 4.56. The average Bonchev–Trinajstić information content (AvgIpc) is 3.04. The molecule has 2 fully saturated rings. The summed E-state index contributed by atoms with van der Waals surface area (Å²) < 4.78 is 0. The number of thioether (sulfide) groups is 1. The van der Waals surface area contributed by atoms with Crippen LogP contribution in [0.15, 0.2) is 41.6 Å². The van der Waals surface area contributed by atoms with E-state index in [4.69, 9.17) is 0 Å². The van der Waals surface area contributed by atoms with E-state index in [1.54, 1.807) is 24.5 Å². The molecule has 7 nitrogen and oxygen atoms in total. The van der Waals surface area contributed by atoms with Gasteiger partial charge in [0.05, 0.1) is 17.0 Å². The quantitative estimate of drug-likeness (QED) is 0.611. The van der Waals surface area contributed by atoms with Gasteiger partial charge in [-0.25, -0.2) is 15.0 Å². The fourth-order valence-corrected chi connectivity index (χ4v) is 4.14. The summed E-state index contributed by atoms with van der Waals surface area (Å²) >= 11 is 1.00. The van der Waals surface area contributed by atoms with Crippen LogP contribution in [-0.2, 0) is 9.59 Å². The van der Waals surface area contributed by atoms with E-state index in [1.165, 1.54) is 0 Å². The van der Waals surface area contributed by atoms with Gasteiger partial charge in [-0.2, -0.15) is 0 Å². The molecule has 0 spiro atoms. The fraction of sp³-hybridized carbons (Fsp3) is 0.350. The summed E-state index contributed by atoms with van der Waals surface area (Å²) in [6.07, 6.45) is 7.27. The van der Waals surface area contributed by atoms with Crippen LogP contribution >= 0.6 is 11.8 Å². The van der Waals surface area contributed by atoms with Crippen molar-refractivity contribution in [2.45, 2.75) is 19.3 Å². The van der Waals surface area contributed by atoms with E-state index in [1.807, 2.05) is 18.2 Å². The van der Waals surface area contributed by atoms with Crippen LogP contribution in [0, 0.1) is 5.92 Å². The zero-order chi connectivity index (χ0) is 19.3. The number of piperidine rings is 1. The molecule has 2 saturated heterocycles. The van der Waals surface area contributed by atoms with Crippen LogP contribution in [-0.4, -0.2) is 45.5 Å². The molecule has 8 heteroatoms. The number of rotatable bonds is 5. The molecule has 2 aliphatic heterocycles. The second-order valence-corrected chi connectivity index (χ2v) is 7.99. The second-order valence-electron chi connectivity index (χ2n) is 6.89. The maximum absolute atomic E-state index is 11.8. The molecular formula is C20H21N5O2S. The van der Waals surface area contributed by atoms with E-state index in [0.717, 1.165) is 50.1 Å². The molecule has 28 heavy (non-hydrogen) atoms. The molecule has 0 unspecified atom stereocenters. The van der Waals surface area contributed by atoms with E-state index in [9.17, 15) is 9.59 Å². The normalized spacial score (nSPS) is 19.4. The predicted octanol–water partition coefficient (Wildman–Crippen LogP) is 2.77. The number of nitrogens with zero attached hydrogens (tertiary/aromatic N) is 4. The van der Waals surface area contributed by atoms with Crippen molar-refractivity contribution in [1.29, 1.82) is 0 Å². The van der Waals surface area contributed by atoms with Gasteiger partial charge in [0.1, 0.15) is 5.82 Å². The van der Waals surface area contributed by atoms with Crippen molar-refractivity contribution < 1.29 is 9.59 Å². The summed E-state index contributed by atoms with van der Waals surface area (Å²) in [5.41, 5.74) is 0.662. The van der Waals surface area contributed by atoms with Crippen molar-refractivity contribution >= 4 is 40.5 Å². The molecule has 4 heterocycles. The SMILES string of the molecule is O=C1CC(=O)/C(=C/c2ccnc(N3CCC(CNc4ccccn4)CC3)n2)S1. The summed E-state index contributed by atoms with van der Waals surface area (Å²) in [4.78, 5) is 39.1. The first-order valence-corrected chi connectivity index (χ1v) is 10.2. The fourth-order valence-electron chi connectivity index (χ4n) is 3.33. The number of anilines is 2. The summed E-state index contributed by atoms with van der Waals surface area (Å²) in [6, 6.07) is 7.62. The number of aromatic nitrogens is 3. The Labute approximate surface area is 167 Å². The van der Waals surface area contributed by atoms with Gasteiger partial charge in [0.15, 0.2) is 5.78 Å². The summed E-state index contributed by atoms with van der Waals surface area (Å²) in [5, 5.41) is 3.29. The first-order valence-electron chi connectivity index (χ1n) is 9.36. The number of ketones is 1. The Morgan fingerprint density at radius 2 is 2.00 bits per heavy atom. The van der Waals surface area contributed by atoms with Crippen LogP contribution in [0.5, 0.6) is 0 Å². The van der Waals surface area contributed by atoms with Crippen LogP contribution in [0.2, 0.25) is 0 Å². The lowest BCUT2D eigenvalue weighted by atomic mass is 9.97. The summed E-state index contributed by atoms with van der Waals surface area (Å²) in [7, 11) is 0. The lowest BCUT2D eigenvalue weighted by Gasteiger charge is -2.32. The van der Waals surface area contributed by atoms with Crippen LogP contribution < -0.4 is 10.2 Å². The third-order valence-electron chi connectivity index (χ3n) is 4.88. The van der Waals surface area contributed by atoms with Crippen molar-refractivity contribution in [3.05, 3.63) is 47.3 Å². The van der Waals surface area contributed by atoms with E-state index in [0.29, 0.717) is 22.5 Å². The largest absolute Gasteiger partial charge is 0.370 e. The van der Waals surface area contributed by atoms with Gasteiger partial charge >= 0.3 is 0 Å². The predicted molar refractivity (Wildman–Crippen MR) is 110 cm³/mol. The Bertz CT molecular complexity index is 894. The van der Waals surface area contributed by atoms with Gasteiger partial charge in [0.2, 0.25) is 11.1 Å². The lowest BCUT2D eigenvalue weighted by molar-refractivity contribution is -0.119. The van der Waals surface area contributed by atoms with Crippen LogP contribution in [0.1, 0.15) is 25.0 Å². The molecular weight excluding hydrogens is 374 g/mol. The maximum atomic E-state index is 11.8. The number of hydrogen-bond acceptors (Lipinski definition) is 8. The molecule has 4 rings (SSSR count). The topological polar surface area (TPSA) is 88.1 Å². The average molecular weight is 395 g/mol. The minimum Gasteiger partial charge on any atom is -0.370 e. The number of carbonyl (C=O) groups excluding carboxylic acids is 2. The molecule has 0 aliphatic carbocycles. The molecule has 0 radical (unpaired) electrons. The van der Waals surface area contributed by atoms with Gasteiger partial charge in [0, 0.05) is 32.0 Å². The van der Waals surface area contributed by atoms with Gasteiger partial charge in [-0.3, -0.25) is 9.59 Å². The zero-order valence-electron chi connectivity index (χ0n) is 15.4. The van der Waals surface area contributed by atoms with Crippen molar-refractivity contribution in [3.63, 3.8) is 0 Å². The van der Waals surface area contributed by atoms with Crippen LogP contribution in [0.4, 0.5) is 11.8 Å². The number of pyridine rings is 1. The molecule has 0 bridgehead atoms.